The Bertz CT molecular complexity index is 954. The van der Waals surface area contributed by atoms with E-state index < -0.39 is 0 Å². The monoisotopic (exact) mass is 391 g/mol. The highest BCUT2D eigenvalue weighted by Crippen LogP contribution is 2.21. The highest BCUT2D eigenvalue weighted by atomic mass is 16.5. The lowest BCUT2D eigenvalue weighted by atomic mass is 10.1. The van der Waals surface area contributed by atoms with Crippen LogP contribution in [0.5, 0.6) is 11.5 Å². The van der Waals surface area contributed by atoms with Crippen molar-refractivity contribution in [2.75, 3.05) is 25.6 Å². The summed E-state index contributed by atoms with van der Waals surface area (Å²) in [5.74, 6) is 1.26. The van der Waals surface area contributed by atoms with Gasteiger partial charge in [-0.15, -0.1) is 0 Å². The Balaban J connectivity index is 1.47. The Kier molecular flexibility index (Phi) is 6.68. The summed E-state index contributed by atoms with van der Waals surface area (Å²) in [6, 6.07) is 17.0. The molecule has 0 aliphatic rings. The Morgan fingerprint density at radius 3 is 2.41 bits per heavy atom. The molecule has 6 nitrogen and oxygen atoms in total. The van der Waals surface area contributed by atoms with Crippen LogP contribution in [0.15, 0.2) is 60.8 Å². The quantitative estimate of drug-likeness (QED) is 0.562. The summed E-state index contributed by atoms with van der Waals surface area (Å²) < 4.78 is 10.7. The molecule has 0 spiro atoms. The third-order valence-electron chi connectivity index (χ3n) is 4.37. The molecule has 0 unspecified atom stereocenters. The summed E-state index contributed by atoms with van der Waals surface area (Å²) in [5, 5.41) is 6.13. The summed E-state index contributed by atoms with van der Waals surface area (Å²) in [5.41, 5.74) is 4.58. The van der Waals surface area contributed by atoms with Crippen molar-refractivity contribution in [3.63, 3.8) is 0 Å². The second kappa shape index (κ2) is 9.59. The highest BCUT2D eigenvalue weighted by Gasteiger charge is 2.07. The van der Waals surface area contributed by atoms with Crippen molar-refractivity contribution in [3.8, 4) is 11.5 Å². The Morgan fingerprint density at radius 2 is 1.76 bits per heavy atom. The standard InChI is InChI=1S/C23H25N3O3/c1-16-4-10-21(17(2)14-16)26-18-5-11-22(25-15-18)23(27)24-12-13-29-20-8-6-19(28-3)7-9-20/h4-11,14-15,26H,12-13H2,1-3H3,(H,24,27). The fourth-order valence-corrected chi connectivity index (χ4v) is 2.81. The predicted octanol–water partition coefficient (Wildman–Crippen LogP) is 4.26. The van der Waals surface area contributed by atoms with E-state index in [1.54, 1.807) is 19.4 Å². The van der Waals surface area contributed by atoms with Gasteiger partial charge in [0.05, 0.1) is 25.5 Å². The molecule has 1 amide bonds. The van der Waals surface area contributed by atoms with Gasteiger partial charge in [0, 0.05) is 5.69 Å². The highest BCUT2D eigenvalue weighted by molar-refractivity contribution is 5.92. The lowest BCUT2D eigenvalue weighted by Crippen LogP contribution is -2.28. The molecule has 0 bridgehead atoms. The van der Waals surface area contributed by atoms with Crippen molar-refractivity contribution in [2.45, 2.75) is 13.8 Å². The number of carbonyl (C=O) groups excluding carboxylic acids is 1. The maximum Gasteiger partial charge on any atom is 0.269 e. The van der Waals surface area contributed by atoms with Gasteiger partial charge in [0.1, 0.15) is 23.8 Å². The average molecular weight is 391 g/mol. The molecule has 2 aromatic carbocycles. The van der Waals surface area contributed by atoms with E-state index >= 15 is 0 Å². The Morgan fingerprint density at radius 1 is 1.00 bits per heavy atom. The first-order chi connectivity index (χ1) is 14.0. The molecule has 0 fully saturated rings. The summed E-state index contributed by atoms with van der Waals surface area (Å²) in [6.07, 6.45) is 1.65. The van der Waals surface area contributed by atoms with Crippen molar-refractivity contribution in [1.29, 1.82) is 0 Å². The largest absolute Gasteiger partial charge is 0.497 e. The molecular weight excluding hydrogens is 366 g/mol. The van der Waals surface area contributed by atoms with Gasteiger partial charge in [-0.2, -0.15) is 0 Å². The Hall–Kier alpha value is -3.54. The first kappa shape index (κ1) is 20.2. The topological polar surface area (TPSA) is 72.5 Å². The second-order valence-electron chi connectivity index (χ2n) is 6.66. The Labute approximate surface area is 170 Å². The smallest absolute Gasteiger partial charge is 0.269 e. The van der Waals surface area contributed by atoms with Crippen LogP contribution in [0.2, 0.25) is 0 Å². The number of aryl methyl sites for hydroxylation is 2. The van der Waals surface area contributed by atoms with E-state index in [1.807, 2.05) is 36.4 Å². The van der Waals surface area contributed by atoms with E-state index in [2.05, 4.69) is 41.6 Å². The normalized spacial score (nSPS) is 10.3. The maximum absolute atomic E-state index is 12.2. The van der Waals surface area contributed by atoms with E-state index in [0.717, 1.165) is 28.4 Å². The van der Waals surface area contributed by atoms with Crippen LogP contribution in [0.25, 0.3) is 0 Å². The molecule has 0 saturated carbocycles. The molecule has 0 atom stereocenters. The third-order valence-corrected chi connectivity index (χ3v) is 4.37. The van der Waals surface area contributed by atoms with Gasteiger partial charge in [-0.25, -0.2) is 4.98 Å². The van der Waals surface area contributed by atoms with Crippen LogP contribution in [0.3, 0.4) is 0 Å². The first-order valence-corrected chi connectivity index (χ1v) is 9.40. The van der Waals surface area contributed by atoms with Crippen LogP contribution >= 0.6 is 0 Å². The number of pyridine rings is 1. The van der Waals surface area contributed by atoms with Crippen molar-refractivity contribution in [3.05, 3.63) is 77.6 Å². The van der Waals surface area contributed by atoms with Crippen LogP contribution in [0.1, 0.15) is 21.6 Å². The number of nitrogens with one attached hydrogen (secondary N) is 2. The van der Waals surface area contributed by atoms with Crippen LogP contribution in [0, 0.1) is 13.8 Å². The predicted molar refractivity (Wildman–Crippen MR) is 114 cm³/mol. The maximum atomic E-state index is 12.2. The molecule has 2 N–H and O–H groups in total. The molecule has 3 rings (SSSR count). The SMILES string of the molecule is COc1ccc(OCCNC(=O)c2ccc(Nc3ccc(C)cc3C)cn2)cc1. The number of hydrogen-bond acceptors (Lipinski definition) is 5. The zero-order valence-electron chi connectivity index (χ0n) is 16.9. The van der Waals surface area contributed by atoms with Gasteiger partial charge in [-0.1, -0.05) is 17.7 Å². The molecule has 0 saturated heterocycles. The van der Waals surface area contributed by atoms with Gasteiger partial charge in [-0.3, -0.25) is 4.79 Å². The molecule has 0 aliphatic heterocycles. The van der Waals surface area contributed by atoms with Gasteiger partial charge < -0.3 is 20.1 Å². The van der Waals surface area contributed by atoms with Crippen LogP contribution in [0.4, 0.5) is 11.4 Å². The minimum Gasteiger partial charge on any atom is -0.497 e. The van der Waals surface area contributed by atoms with Crippen molar-refractivity contribution >= 4 is 17.3 Å². The molecule has 0 radical (unpaired) electrons. The molecule has 1 aromatic heterocycles. The fourth-order valence-electron chi connectivity index (χ4n) is 2.81. The summed E-state index contributed by atoms with van der Waals surface area (Å²) >= 11 is 0. The lowest BCUT2D eigenvalue weighted by molar-refractivity contribution is 0.0942. The van der Waals surface area contributed by atoms with Gasteiger partial charge in [0.15, 0.2) is 0 Å². The number of aromatic nitrogens is 1. The van der Waals surface area contributed by atoms with Gasteiger partial charge in [0.25, 0.3) is 5.91 Å². The minimum atomic E-state index is -0.235. The van der Waals surface area contributed by atoms with E-state index in [4.69, 9.17) is 9.47 Å². The van der Waals surface area contributed by atoms with Gasteiger partial charge >= 0.3 is 0 Å². The molecule has 3 aromatic rings. The van der Waals surface area contributed by atoms with Crippen LogP contribution < -0.4 is 20.1 Å². The zero-order chi connectivity index (χ0) is 20.6. The molecule has 1 heterocycles. The van der Waals surface area contributed by atoms with Crippen LogP contribution in [-0.2, 0) is 0 Å². The lowest BCUT2D eigenvalue weighted by Gasteiger charge is -2.11. The van der Waals surface area contributed by atoms with Crippen molar-refractivity contribution < 1.29 is 14.3 Å². The number of benzene rings is 2. The van der Waals surface area contributed by atoms with E-state index in [0.29, 0.717) is 18.8 Å². The molecule has 29 heavy (non-hydrogen) atoms. The average Bonchev–Trinajstić information content (AvgIpc) is 2.74. The van der Waals surface area contributed by atoms with E-state index in [9.17, 15) is 4.79 Å². The number of carbonyl (C=O) groups is 1. The van der Waals surface area contributed by atoms with E-state index in [-0.39, 0.29) is 5.91 Å². The molecule has 0 aliphatic carbocycles. The summed E-state index contributed by atoms with van der Waals surface area (Å²) in [7, 11) is 1.62. The van der Waals surface area contributed by atoms with Crippen molar-refractivity contribution in [2.24, 2.45) is 0 Å². The minimum absolute atomic E-state index is 0.235. The molecular formula is C23H25N3O3. The first-order valence-electron chi connectivity index (χ1n) is 9.40. The fraction of sp³-hybridized carbons (Fsp3) is 0.217. The van der Waals surface area contributed by atoms with Gasteiger partial charge in [0.2, 0.25) is 0 Å². The molecule has 6 heteroatoms. The second-order valence-corrected chi connectivity index (χ2v) is 6.66. The van der Waals surface area contributed by atoms with Crippen LogP contribution in [-0.4, -0.2) is 31.2 Å². The number of methoxy groups -OCH3 is 1. The van der Waals surface area contributed by atoms with Gasteiger partial charge in [-0.05, 0) is 61.9 Å². The third kappa shape index (κ3) is 5.72. The summed E-state index contributed by atoms with van der Waals surface area (Å²) in [6.45, 7) is 4.87. The number of nitrogens with zero attached hydrogens (tertiary/aromatic N) is 1. The zero-order valence-corrected chi connectivity index (χ0v) is 16.9. The number of ether oxygens (including phenoxy) is 2. The number of rotatable bonds is 8. The number of amides is 1. The number of anilines is 2. The molecule has 150 valence electrons. The summed E-state index contributed by atoms with van der Waals surface area (Å²) in [4.78, 5) is 16.5. The number of hydrogen-bond donors (Lipinski definition) is 2. The van der Waals surface area contributed by atoms with E-state index in [1.165, 1.54) is 5.56 Å². The van der Waals surface area contributed by atoms with Crippen molar-refractivity contribution in [1.82, 2.24) is 10.3 Å².